The minimum atomic E-state index is -0.653. The van der Waals surface area contributed by atoms with Gasteiger partial charge in [-0.25, -0.2) is 18.7 Å². The van der Waals surface area contributed by atoms with Gasteiger partial charge in [-0.05, 0) is 29.8 Å². The highest BCUT2D eigenvalue weighted by molar-refractivity contribution is 6.28. The zero-order valence-corrected chi connectivity index (χ0v) is 8.17. The van der Waals surface area contributed by atoms with Crippen molar-refractivity contribution in [1.82, 2.24) is 9.97 Å². The quantitative estimate of drug-likeness (QED) is 0.699. The summed E-state index contributed by atoms with van der Waals surface area (Å²) in [5.74, 6) is -1.31. The van der Waals surface area contributed by atoms with Gasteiger partial charge in [0, 0.05) is 17.8 Å². The molecular weight excluding hydrogens is 222 g/mol. The summed E-state index contributed by atoms with van der Waals surface area (Å²) >= 11 is 5.56. The van der Waals surface area contributed by atoms with E-state index in [2.05, 4.69) is 9.97 Å². The predicted molar refractivity (Wildman–Crippen MR) is 52.4 cm³/mol. The first kappa shape index (κ1) is 9.98. The number of aromatic nitrogens is 2. The maximum atomic E-state index is 12.9. The average Bonchev–Trinajstić information content (AvgIpc) is 2.16. The molecule has 2 rings (SSSR count). The molecule has 0 unspecified atom stereocenters. The molecule has 0 aliphatic heterocycles. The third-order valence-electron chi connectivity index (χ3n) is 1.78. The number of halogens is 3. The molecule has 0 spiro atoms. The normalized spacial score (nSPS) is 10.3. The van der Waals surface area contributed by atoms with Crippen LogP contribution in [0.25, 0.3) is 11.3 Å². The summed E-state index contributed by atoms with van der Waals surface area (Å²) in [6.45, 7) is 0. The summed E-state index contributed by atoms with van der Waals surface area (Å²) < 4.78 is 25.8. The molecule has 0 saturated heterocycles. The van der Waals surface area contributed by atoms with Gasteiger partial charge in [0.25, 0.3) is 0 Å². The van der Waals surface area contributed by atoms with Crippen LogP contribution in [0, 0.1) is 11.6 Å². The SMILES string of the molecule is Fc1cc(F)cc(-c2ccnc(Cl)n2)c1. The van der Waals surface area contributed by atoms with Crippen LogP contribution in [0.3, 0.4) is 0 Å². The first-order chi connectivity index (χ1) is 7.15. The molecule has 2 nitrogen and oxygen atoms in total. The van der Waals surface area contributed by atoms with Crippen molar-refractivity contribution in [3.8, 4) is 11.3 Å². The summed E-state index contributed by atoms with van der Waals surface area (Å²) in [6.07, 6.45) is 1.42. The second-order valence-electron chi connectivity index (χ2n) is 2.87. The molecule has 5 heteroatoms. The zero-order chi connectivity index (χ0) is 10.8. The monoisotopic (exact) mass is 226 g/mol. The minimum Gasteiger partial charge on any atom is -0.226 e. The van der Waals surface area contributed by atoms with E-state index in [0.29, 0.717) is 11.3 Å². The molecule has 0 radical (unpaired) electrons. The van der Waals surface area contributed by atoms with Crippen molar-refractivity contribution in [3.05, 3.63) is 47.4 Å². The van der Waals surface area contributed by atoms with Crippen molar-refractivity contribution in [2.45, 2.75) is 0 Å². The molecule has 1 aromatic carbocycles. The third-order valence-corrected chi connectivity index (χ3v) is 1.97. The van der Waals surface area contributed by atoms with Crippen LogP contribution >= 0.6 is 11.6 Å². The topological polar surface area (TPSA) is 25.8 Å². The van der Waals surface area contributed by atoms with Crippen molar-refractivity contribution in [3.63, 3.8) is 0 Å². The van der Waals surface area contributed by atoms with E-state index in [1.807, 2.05) is 0 Å². The molecule has 1 heterocycles. The molecule has 0 fully saturated rings. The third kappa shape index (κ3) is 2.27. The number of hydrogen-bond donors (Lipinski definition) is 0. The number of rotatable bonds is 1. The first-order valence-electron chi connectivity index (χ1n) is 4.10. The van der Waals surface area contributed by atoms with E-state index in [-0.39, 0.29) is 5.28 Å². The van der Waals surface area contributed by atoms with E-state index in [9.17, 15) is 8.78 Å². The highest BCUT2D eigenvalue weighted by Gasteiger charge is 2.04. The lowest BCUT2D eigenvalue weighted by molar-refractivity contribution is 0.584. The molecule has 0 amide bonds. The van der Waals surface area contributed by atoms with Gasteiger partial charge in [0.2, 0.25) is 5.28 Å². The van der Waals surface area contributed by atoms with Gasteiger partial charge in [0.15, 0.2) is 0 Å². The van der Waals surface area contributed by atoms with Crippen LogP contribution in [0.1, 0.15) is 0 Å². The van der Waals surface area contributed by atoms with Crippen LogP contribution < -0.4 is 0 Å². The van der Waals surface area contributed by atoms with Crippen molar-refractivity contribution in [2.75, 3.05) is 0 Å². The maximum absolute atomic E-state index is 12.9. The smallest absolute Gasteiger partial charge is 0.222 e. The van der Waals surface area contributed by atoms with Crippen molar-refractivity contribution in [2.24, 2.45) is 0 Å². The van der Waals surface area contributed by atoms with Gasteiger partial charge in [-0.15, -0.1) is 0 Å². The zero-order valence-electron chi connectivity index (χ0n) is 7.42. The number of nitrogens with zero attached hydrogens (tertiary/aromatic N) is 2. The Bertz CT molecular complexity index is 482. The van der Waals surface area contributed by atoms with Crippen LogP contribution in [0.15, 0.2) is 30.5 Å². The van der Waals surface area contributed by atoms with Gasteiger partial charge in [0.1, 0.15) is 11.6 Å². The van der Waals surface area contributed by atoms with Crippen LogP contribution in [0.5, 0.6) is 0 Å². The lowest BCUT2D eigenvalue weighted by Crippen LogP contribution is -1.89. The Kier molecular flexibility index (Phi) is 2.60. The fourth-order valence-corrected chi connectivity index (χ4v) is 1.34. The molecule has 15 heavy (non-hydrogen) atoms. The number of benzene rings is 1. The molecule has 1 aromatic heterocycles. The lowest BCUT2D eigenvalue weighted by Gasteiger charge is -2.01. The molecule has 0 atom stereocenters. The van der Waals surface area contributed by atoms with Crippen LogP contribution in [-0.2, 0) is 0 Å². The van der Waals surface area contributed by atoms with E-state index in [1.54, 1.807) is 0 Å². The van der Waals surface area contributed by atoms with Gasteiger partial charge in [-0.3, -0.25) is 0 Å². The van der Waals surface area contributed by atoms with Crippen molar-refractivity contribution < 1.29 is 8.78 Å². The van der Waals surface area contributed by atoms with Gasteiger partial charge in [-0.1, -0.05) is 0 Å². The Morgan fingerprint density at radius 1 is 1.07 bits per heavy atom. The largest absolute Gasteiger partial charge is 0.226 e. The van der Waals surface area contributed by atoms with Gasteiger partial charge in [-0.2, -0.15) is 0 Å². The molecular formula is C10H5ClF2N2. The van der Waals surface area contributed by atoms with E-state index in [1.165, 1.54) is 24.4 Å². The first-order valence-corrected chi connectivity index (χ1v) is 4.48. The second-order valence-corrected chi connectivity index (χ2v) is 3.21. The highest BCUT2D eigenvalue weighted by Crippen LogP contribution is 2.20. The Morgan fingerprint density at radius 2 is 1.73 bits per heavy atom. The van der Waals surface area contributed by atoms with Gasteiger partial charge < -0.3 is 0 Å². The summed E-state index contributed by atoms with van der Waals surface area (Å²) in [4.78, 5) is 7.52. The Hall–Kier alpha value is -1.55. The van der Waals surface area contributed by atoms with Crippen LogP contribution in [-0.4, -0.2) is 9.97 Å². The van der Waals surface area contributed by atoms with Crippen LogP contribution in [0.4, 0.5) is 8.78 Å². The van der Waals surface area contributed by atoms with Gasteiger partial charge in [0.05, 0.1) is 5.69 Å². The lowest BCUT2D eigenvalue weighted by atomic mass is 10.1. The van der Waals surface area contributed by atoms with Crippen molar-refractivity contribution in [1.29, 1.82) is 0 Å². The molecule has 2 aromatic rings. The van der Waals surface area contributed by atoms with E-state index >= 15 is 0 Å². The Balaban J connectivity index is 2.54. The number of hydrogen-bond acceptors (Lipinski definition) is 2. The average molecular weight is 227 g/mol. The fraction of sp³-hybridized carbons (Fsp3) is 0. The summed E-state index contributed by atoms with van der Waals surface area (Å²) in [7, 11) is 0. The summed E-state index contributed by atoms with van der Waals surface area (Å²) in [5, 5.41) is 0.0390. The second kappa shape index (κ2) is 3.90. The minimum absolute atomic E-state index is 0.0390. The Labute approximate surface area is 89.6 Å². The predicted octanol–water partition coefficient (Wildman–Crippen LogP) is 3.08. The van der Waals surface area contributed by atoms with E-state index in [0.717, 1.165) is 6.07 Å². The summed E-state index contributed by atoms with van der Waals surface area (Å²) in [6, 6.07) is 4.69. The fourth-order valence-electron chi connectivity index (χ4n) is 1.20. The maximum Gasteiger partial charge on any atom is 0.222 e. The molecule has 76 valence electrons. The summed E-state index contributed by atoms with van der Waals surface area (Å²) in [5.41, 5.74) is 0.713. The van der Waals surface area contributed by atoms with E-state index in [4.69, 9.17) is 11.6 Å². The van der Waals surface area contributed by atoms with Crippen LogP contribution in [0.2, 0.25) is 5.28 Å². The molecule has 0 saturated carbocycles. The molecule has 0 aliphatic rings. The van der Waals surface area contributed by atoms with E-state index < -0.39 is 11.6 Å². The standard InChI is InChI=1S/C10H5ClF2N2/c11-10-14-2-1-9(15-10)6-3-7(12)5-8(13)4-6/h1-5H. The van der Waals surface area contributed by atoms with Crippen molar-refractivity contribution >= 4 is 11.6 Å². The Morgan fingerprint density at radius 3 is 2.33 bits per heavy atom. The molecule has 0 aliphatic carbocycles. The molecule has 0 bridgehead atoms. The molecule has 0 N–H and O–H groups in total. The van der Waals surface area contributed by atoms with Gasteiger partial charge >= 0.3 is 0 Å². The highest BCUT2D eigenvalue weighted by atomic mass is 35.5.